The molecule has 0 saturated heterocycles. The molecule has 0 aliphatic carbocycles. The number of aryl methyl sites for hydroxylation is 1. The van der Waals surface area contributed by atoms with E-state index in [-0.39, 0.29) is 34.0 Å². The predicted molar refractivity (Wildman–Crippen MR) is 116 cm³/mol. The van der Waals surface area contributed by atoms with E-state index in [0.29, 0.717) is 12.8 Å². The number of hydrogen-bond donors (Lipinski definition) is 1. The van der Waals surface area contributed by atoms with Gasteiger partial charge in [-0.05, 0) is 24.6 Å². The van der Waals surface area contributed by atoms with Crippen LogP contribution in [0, 0.1) is 0 Å². The van der Waals surface area contributed by atoms with E-state index in [2.05, 4.69) is 0 Å². The quantitative estimate of drug-likeness (QED) is 0.363. The number of ether oxygens (including phenoxy) is 4. The third kappa shape index (κ3) is 3.51. The molecule has 0 radical (unpaired) electrons. The number of methoxy groups -OCH3 is 2. The molecule has 0 saturated carbocycles. The van der Waals surface area contributed by atoms with Crippen molar-refractivity contribution in [2.75, 3.05) is 21.0 Å². The van der Waals surface area contributed by atoms with E-state index in [0.717, 1.165) is 7.11 Å². The van der Waals surface area contributed by atoms with Crippen molar-refractivity contribution in [2.24, 2.45) is 0 Å². The number of pyridine rings is 1. The molecule has 1 N–H and O–H groups in total. The number of hydrogen-bond acceptors (Lipinski definition) is 6. The molecule has 1 aliphatic heterocycles. The van der Waals surface area contributed by atoms with Gasteiger partial charge in [-0.25, -0.2) is 0 Å². The van der Waals surface area contributed by atoms with Crippen LogP contribution in [0.5, 0.6) is 23.0 Å². The Bertz CT molecular complexity index is 1380. The van der Waals surface area contributed by atoms with Crippen LogP contribution in [0.1, 0.15) is 25.3 Å². The highest BCUT2D eigenvalue weighted by Gasteiger charge is 2.74. The summed E-state index contributed by atoms with van der Waals surface area (Å²) in [5.74, 6) is -2.25. The first kappa shape index (κ1) is 25.7. The Morgan fingerprint density at radius 1 is 1.00 bits per heavy atom. The summed E-state index contributed by atoms with van der Waals surface area (Å²) >= 11 is 0. The first-order valence-electron chi connectivity index (χ1n) is 10.7. The van der Waals surface area contributed by atoms with Gasteiger partial charge in [-0.2, -0.15) is 26.3 Å². The summed E-state index contributed by atoms with van der Waals surface area (Å²) in [6.07, 6.45) is -11.4. The Hall–Kier alpha value is -3.35. The number of benzene rings is 2. The minimum atomic E-state index is -6.22. The van der Waals surface area contributed by atoms with Crippen LogP contribution in [0.3, 0.4) is 0 Å². The van der Waals surface area contributed by atoms with Gasteiger partial charge in [-0.1, -0.05) is 13.3 Å². The molecule has 196 valence electrons. The summed E-state index contributed by atoms with van der Waals surface area (Å²) in [5, 5.41) is 10.0. The van der Waals surface area contributed by atoms with Gasteiger partial charge in [0, 0.05) is 11.9 Å². The van der Waals surface area contributed by atoms with Crippen molar-refractivity contribution in [1.82, 2.24) is 4.57 Å². The Morgan fingerprint density at radius 3 is 2.19 bits per heavy atom. The van der Waals surface area contributed by atoms with Crippen LogP contribution in [-0.4, -0.2) is 43.0 Å². The molecule has 1 aliphatic rings. The van der Waals surface area contributed by atoms with Gasteiger partial charge in [-0.15, -0.1) is 0 Å². The minimum Gasteiger partial charge on any atom is -0.497 e. The van der Waals surface area contributed by atoms with E-state index in [1.165, 1.54) is 29.9 Å². The van der Waals surface area contributed by atoms with Crippen LogP contribution >= 0.6 is 0 Å². The Balaban J connectivity index is 2.34. The zero-order valence-corrected chi connectivity index (χ0v) is 19.3. The van der Waals surface area contributed by atoms with Crippen LogP contribution in [0.4, 0.5) is 26.3 Å². The van der Waals surface area contributed by atoms with Gasteiger partial charge < -0.3 is 28.6 Å². The van der Waals surface area contributed by atoms with Crippen LogP contribution in [0.15, 0.2) is 23.0 Å². The first-order chi connectivity index (χ1) is 16.8. The second-order valence-electron chi connectivity index (χ2n) is 8.12. The van der Waals surface area contributed by atoms with Gasteiger partial charge in [-0.3, -0.25) is 4.79 Å². The minimum absolute atomic E-state index is 0.0216. The second kappa shape index (κ2) is 8.64. The summed E-state index contributed by atoms with van der Waals surface area (Å²) in [6.45, 7) is 1.17. The number of aliphatic hydroxyl groups is 1. The maximum atomic E-state index is 14.0. The Kier molecular flexibility index (Phi) is 6.18. The number of aromatic nitrogens is 1. The number of unbranched alkanes of at least 4 members (excludes halogenated alkanes) is 1. The maximum absolute atomic E-state index is 14.0. The molecule has 3 aromatic rings. The van der Waals surface area contributed by atoms with Crippen molar-refractivity contribution < 1.29 is 50.4 Å². The standard InChI is InChI=1S/C23H21F6NO6/c1-4-5-8-30-16-14(12-7-6-11(33-2)9-13(12)20(30)31)17(34-3)15(18-19(16)36-10-35-18)21(32,22(24,25)26)23(27,28)29/h6-7,9,32H,4-5,8,10H2,1-3H3. The Morgan fingerprint density at radius 2 is 1.64 bits per heavy atom. The van der Waals surface area contributed by atoms with E-state index in [9.17, 15) is 36.2 Å². The molecule has 13 heteroatoms. The van der Waals surface area contributed by atoms with Crippen LogP contribution in [-0.2, 0) is 12.1 Å². The van der Waals surface area contributed by atoms with Crippen molar-refractivity contribution in [3.05, 3.63) is 34.1 Å². The number of halogens is 6. The molecule has 1 aromatic heterocycles. The van der Waals surface area contributed by atoms with Crippen LogP contribution < -0.4 is 24.5 Å². The highest BCUT2D eigenvalue weighted by molar-refractivity contribution is 6.13. The molecule has 0 atom stereocenters. The monoisotopic (exact) mass is 521 g/mol. The Labute approximate surface area is 199 Å². The molecule has 0 unspecified atom stereocenters. The molecule has 4 rings (SSSR count). The third-order valence-corrected chi connectivity index (χ3v) is 6.11. The number of nitrogens with zero attached hydrogens (tertiary/aromatic N) is 1. The molecule has 0 fully saturated rings. The molecule has 0 bridgehead atoms. The highest BCUT2D eigenvalue weighted by atomic mass is 19.4. The normalized spacial score (nSPS) is 14.1. The lowest BCUT2D eigenvalue weighted by atomic mass is 9.87. The van der Waals surface area contributed by atoms with Gasteiger partial charge in [0.15, 0.2) is 11.5 Å². The smallest absolute Gasteiger partial charge is 0.430 e. The fraction of sp³-hybridized carbons (Fsp3) is 0.435. The van der Waals surface area contributed by atoms with Gasteiger partial charge in [0.25, 0.3) is 11.2 Å². The van der Waals surface area contributed by atoms with Crippen molar-refractivity contribution in [3.8, 4) is 23.0 Å². The predicted octanol–water partition coefficient (Wildman–Crippen LogP) is 5.01. The van der Waals surface area contributed by atoms with E-state index in [1.807, 2.05) is 6.92 Å². The SMILES string of the molecule is CCCCn1c(=O)c2cc(OC)ccc2c2c(OC)c(C(O)(C(F)(F)F)C(F)(F)F)c3c(c21)OCO3. The third-order valence-electron chi connectivity index (χ3n) is 6.11. The molecule has 0 amide bonds. The number of rotatable bonds is 6. The lowest BCUT2D eigenvalue weighted by Crippen LogP contribution is -2.54. The van der Waals surface area contributed by atoms with Crippen molar-refractivity contribution in [2.45, 2.75) is 44.3 Å². The zero-order valence-electron chi connectivity index (χ0n) is 19.3. The van der Waals surface area contributed by atoms with Gasteiger partial charge >= 0.3 is 12.4 Å². The molecule has 36 heavy (non-hydrogen) atoms. The number of alkyl halides is 6. The lowest BCUT2D eigenvalue weighted by molar-refractivity contribution is -0.376. The van der Waals surface area contributed by atoms with Gasteiger partial charge in [0.1, 0.15) is 17.0 Å². The topological polar surface area (TPSA) is 79.2 Å². The summed E-state index contributed by atoms with van der Waals surface area (Å²) < 4.78 is 106. The molecular formula is C23H21F6NO6. The molecule has 2 heterocycles. The molecule has 0 spiro atoms. The average Bonchev–Trinajstić information content (AvgIpc) is 3.30. The van der Waals surface area contributed by atoms with Crippen LogP contribution in [0.2, 0.25) is 0 Å². The zero-order chi connectivity index (χ0) is 26.6. The fourth-order valence-electron chi connectivity index (χ4n) is 4.40. The van der Waals surface area contributed by atoms with Gasteiger partial charge in [0.2, 0.25) is 6.79 Å². The van der Waals surface area contributed by atoms with Crippen molar-refractivity contribution in [1.29, 1.82) is 0 Å². The van der Waals surface area contributed by atoms with Crippen molar-refractivity contribution >= 4 is 21.7 Å². The van der Waals surface area contributed by atoms with Crippen molar-refractivity contribution in [3.63, 3.8) is 0 Å². The molecule has 2 aromatic carbocycles. The lowest BCUT2D eigenvalue weighted by Gasteiger charge is -2.34. The second-order valence-corrected chi connectivity index (χ2v) is 8.12. The van der Waals surface area contributed by atoms with Crippen LogP contribution in [0.25, 0.3) is 21.7 Å². The van der Waals surface area contributed by atoms with E-state index in [1.54, 1.807) is 0 Å². The average molecular weight is 521 g/mol. The van der Waals surface area contributed by atoms with Gasteiger partial charge in [0.05, 0.1) is 30.6 Å². The molecular weight excluding hydrogens is 500 g/mol. The summed E-state index contributed by atoms with van der Waals surface area (Å²) in [6, 6.07) is 4.03. The van der Waals surface area contributed by atoms with E-state index < -0.39 is 53.1 Å². The largest absolute Gasteiger partial charge is 0.497 e. The summed E-state index contributed by atoms with van der Waals surface area (Å²) in [7, 11) is 2.20. The van der Waals surface area contributed by atoms with E-state index >= 15 is 0 Å². The number of fused-ring (bicyclic) bond motifs is 5. The first-order valence-corrected chi connectivity index (χ1v) is 10.7. The van der Waals surface area contributed by atoms with E-state index in [4.69, 9.17) is 18.9 Å². The highest BCUT2D eigenvalue weighted by Crippen LogP contribution is 2.60. The summed E-state index contributed by atoms with van der Waals surface area (Å²) in [4.78, 5) is 13.5. The maximum Gasteiger partial charge on any atom is 0.430 e. The fourth-order valence-corrected chi connectivity index (χ4v) is 4.40. The molecule has 7 nitrogen and oxygen atoms in total. The summed E-state index contributed by atoms with van der Waals surface area (Å²) in [5.41, 5.74) is -7.76.